The van der Waals surface area contributed by atoms with E-state index in [1.807, 2.05) is 41.9 Å². The van der Waals surface area contributed by atoms with Gasteiger partial charge in [0.1, 0.15) is 0 Å². The summed E-state index contributed by atoms with van der Waals surface area (Å²) in [5.74, 6) is 1.58. The van der Waals surface area contributed by atoms with E-state index in [2.05, 4.69) is 10.2 Å². The van der Waals surface area contributed by atoms with Crippen LogP contribution in [-0.4, -0.2) is 38.4 Å². The molecule has 8 heteroatoms. The molecule has 0 N–H and O–H groups in total. The molecule has 1 aromatic carbocycles. The maximum absolute atomic E-state index is 12.3. The zero-order valence-corrected chi connectivity index (χ0v) is 15.4. The van der Waals surface area contributed by atoms with Crippen molar-refractivity contribution in [3.05, 3.63) is 53.2 Å². The number of hydrogen-bond acceptors (Lipinski definition) is 5. The van der Waals surface area contributed by atoms with Crippen molar-refractivity contribution in [2.75, 3.05) is 12.8 Å². The van der Waals surface area contributed by atoms with Crippen molar-refractivity contribution in [1.82, 2.24) is 19.7 Å². The molecule has 0 saturated carbocycles. The third kappa shape index (κ3) is 4.24. The highest BCUT2D eigenvalue weighted by Crippen LogP contribution is 2.23. The molecule has 3 aromatic rings. The largest absolute Gasteiger partial charge is 0.461 e. The number of hydrogen-bond donors (Lipinski definition) is 0. The Balaban J connectivity index is 1.58. The molecule has 0 fully saturated rings. The van der Waals surface area contributed by atoms with Crippen molar-refractivity contribution in [1.29, 1.82) is 0 Å². The Labute approximate surface area is 154 Å². The van der Waals surface area contributed by atoms with Crippen LogP contribution in [0, 0.1) is 0 Å². The van der Waals surface area contributed by atoms with E-state index in [-0.39, 0.29) is 11.7 Å². The Morgan fingerprint density at radius 2 is 2.04 bits per heavy atom. The first-order chi connectivity index (χ1) is 12.0. The summed E-state index contributed by atoms with van der Waals surface area (Å²) in [5, 5.41) is 9.59. The van der Waals surface area contributed by atoms with Gasteiger partial charge in [0.05, 0.1) is 12.0 Å². The number of aromatic nitrogens is 3. The van der Waals surface area contributed by atoms with Gasteiger partial charge in [-0.1, -0.05) is 35.5 Å². The molecule has 0 unspecified atom stereocenters. The Morgan fingerprint density at radius 3 is 2.72 bits per heavy atom. The second kappa shape index (κ2) is 7.76. The SMILES string of the molecule is CN(Cc1ccc(Cl)cc1)C(=O)CSc1nnc(-c2ccco2)n1C. The van der Waals surface area contributed by atoms with Crippen molar-refractivity contribution in [3.8, 4) is 11.6 Å². The lowest BCUT2D eigenvalue weighted by atomic mass is 10.2. The Morgan fingerprint density at radius 1 is 1.28 bits per heavy atom. The van der Waals surface area contributed by atoms with Crippen molar-refractivity contribution in [2.45, 2.75) is 11.7 Å². The number of amides is 1. The monoisotopic (exact) mass is 376 g/mol. The van der Waals surface area contributed by atoms with Crippen molar-refractivity contribution >= 4 is 29.3 Å². The van der Waals surface area contributed by atoms with Crippen LogP contribution in [0.1, 0.15) is 5.56 Å². The molecule has 6 nitrogen and oxygen atoms in total. The number of thioether (sulfide) groups is 1. The summed E-state index contributed by atoms with van der Waals surface area (Å²) in [4.78, 5) is 14.0. The number of halogens is 1. The summed E-state index contributed by atoms with van der Waals surface area (Å²) in [5.41, 5.74) is 1.03. The van der Waals surface area contributed by atoms with Gasteiger partial charge in [-0.05, 0) is 29.8 Å². The molecule has 0 spiro atoms. The van der Waals surface area contributed by atoms with Gasteiger partial charge in [0.2, 0.25) is 5.91 Å². The molecule has 0 atom stereocenters. The summed E-state index contributed by atoms with van der Waals surface area (Å²) in [6.07, 6.45) is 1.59. The van der Waals surface area contributed by atoms with Crippen LogP contribution in [0.25, 0.3) is 11.6 Å². The van der Waals surface area contributed by atoms with E-state index in [0.717, 1.165) is 5.56 Å². The van der Waals surface area contributed by atoms with Gasteiger partial charge in [-0.3, -0.25) is 4.79 Å². The van der Waals surface area contributed by atoms with E-state index in [1.165, 1.54) is 11.8 Å². The van der Waals surface area contributed by atoms with Gasteiger partial charge in [-0.2, -0.15) is 0 Å². The van der Waals surface area contributed by atoms with E-state index >= 15 is 0 Å². The van der Waals surface area contributed by atoms with Crippen LogP contribution in [0.15, 0.2) is 52.2 Å². The number of rotatable bonds is 6. The normalized spacial score (nSPS) is 10.8. The van der Waals surface area contributed by atoms with Crippen molar-refractivity contribution in [2.24, 2.45) is 7.05 Å². The quantitative estimate of drug-likeness (QED) is 0.616. The number of furan rings is 1. The first-order valence-corrected chi connectivity index (χ1v) is 8.95. The first kappa shape index (κ1) is 17.6. The molecule has 0 bridgehead atoms. The number of nitrogens with zero attached hydrogens (tertiary/aromatic N) is 4. The fraction of sp³-hybridized carbons (Fsp3) is 0.235. The minimum atomic E-state index is 0.0162. The van der Waals surface area contributed by atoms with Crippen LogP contribution in [-0.2, 0) is 18.4 Å². The molecule has 2 heterocycles. The molecule has 0 aliphatic carbocycles. The highest BCUT2D eigenvalue weighted by molar-refractivity contribution is 7.99. The number of carbonyl (C=O) groups is 1. The average molecular weight is 377 g/mol. The molecule has 3 rings (SSSR count). The van der Waals surface area contributed by atoms with Gasteiger partial charge in [-0.25, -0.2) is 0 Å². The fourth-order valence-corrected chi connectivity index (χ4v) is 3.23. The zero-order valence-electron chi connectivity index (χ0n) is 13.8. The third-order valence-electron chi connectivity index (χ3n) is 3.66. The molecule has 0 aliphatic heterocycles. The summed E-state index contributed by atoms with van der Waals surface area (Å²) in [7, 11) is 3.63. The lowest BCUT2D eigenvalue weighted by molar-refractivity contribution is -0.127. The molecule has 0 aliphatic rings. The summed E-state index contributed by atoms with van der Waals surface area (Å²) in [6.45, 7) is 0.535. The third-order valence-corrected chi connectivity index (χ3v) is 4.92. The van der Waals surface area contributed by atoms with Crippen LogP contribution >= 0.6 is 23.4 Å². The summed E-state index contributed by atoms with van der Waals surface area (Å²) < 4.78 is 7.15. The second-order valence-electron chi connectivity index (χ2n) is 5.51. The van der Waals surface area contributed by atoms with Gasteiger partial charge < -0.3 is 13.9 Å². The Bertz CT molecular complexity index is 846. The predicted octanol–water partition coefficient (Wildman–Crippen LogP) is 3.48. The lowest BCUT2D eigenvalue weighted by Crippen LogP contribution is -2.27. The predicted molar refractivity (Wildman–Crippen MR) is 97.4 cm³/mol. The topological polar surface area (TPSA) is 64.2 Å². The van der Waals surface area contributed by atoms with Crippen molar-refractivity contribution in [3.63, 3.8) is 0 Å². The fourth-order valence-electron chi connectivity index (χ4n) is 2.25. The Kier molecular flexibility index (Phi) is 5.45. The smallest absolute Gasteiger partial charge is 0.233 e. The average Bonchev–Trinajstić information content (AvgIpc) is 3.24. The molecular weight excluding hydrogens is 360 g/mol. The summed E-state index contributed by atoms with van der Waals surface area (Å²) in [6, 6.07) is 11.1. The second-order valence-corrected chi connectivity index (χ2v) is 6.89. The highest BCUT2D eigenvalue weighted by atomic mass is 35.5. The Hall–Kier alpha value is -2.25. The van der Waals surface area contributed by atoms with Crippen LogP contribution in [0.2, 0.25) is 5.02 Å². The summed E-state index contributed by atoms with van der Waals surface area (Å²) >= 11 is 7.23. The number of carbonyl (C=O) groups excluding carboxylic acids is 1. The van der Waals surface area contributed by atoms with Crippen LogP contribution < -0.4 is 0 Å². The van der Waals surface area contributed by atoms with E-state index < -0.39 is 0 Å². The van der Waals surface area contributed by atoms with Crippen molar-refractivity contribution < 1.29 is 9.21 Å². The molecule has 25 heavy (non-hydrogen) atoms. The van der Waals surface area contributed by atoms with E-state index in [1.54, 1.807) is 24.3 Å². The standard InChI is InChI=1S/C17H17ClN4O2S/c1-21(10-12-5-7-13(18)8-6-12)15(23)11-25-17-20-19-16(22(17)2)14-4-3-9-24-14/h3-9H,10-11H2,1-2H3. The number of benzene rings is 1. The highest BCUT2D eigenvalue weighted by Gasteiger charge is 2.16. The van der Waals surface area contributed by atoms with Gasteiger partial charge in [0.15, 0.2) is 16.7 Å². The maximum Gasteiger partial charge on any atom is 0.233 e. The van der Waals surface area contributed by atoms with Gasteiger partial charge >= 0.3 is 0 Å². The van der Waals surface area contributed by atoms with E-state index in [4.69, 9.17) is 16.0 Å². The van der Waals surface area contributed by atoms with E-state index in [0.29, 0.717) is 28.3 Å². The van der Waals surface area contributed by atoms with Crippen LogP contribution in [0.3, 0.4) is 0 Å². The zero-order chi connectivity index (χ0) is 17.8. The molecule has 0 radical (unpaired) electrons. The van der Waals surface area contributed by atoms with Gasteiger partial charge in [-0.15, -0.1) is 10.2 Å². The molecule has 2 aromatic heterocycles. The molecular formula is C17H17ClN4O2S. The lowest BCUT2D eigenvalue weighted by Gasteiger charge is -2.17. The van der Waals surface area contributed by atoms with Gasteiger partial charge in [0, 0.05) is 25.7 Å². The molecule has 130 valence electrons. The minimum absolute atomic E-state index is 0.0162. The van der Waals surface area contributed by atoms with E-state index in [9.17, 15) is 4.79 Å². The van der Waals surface area contributed by atoms with Gasteiger partial charge in [0.25, 0.3) is 0 Å². The first-order valence-electron chi connectivity index (χ1n) is 7.59. The van der Waals surface area contributed by atoms with Crippen LogP contribution in [0.4, 0.5) is 0 Å². The van der Waals surface area contributed by atoms with Crippen LogP contribution in [0.5, 0.6) is 0 Å². The maximum atomic E-state index is 12.3. The molecule has 0 saturated heterocycles. The minimum Gasteiger partial charge on any atom is -0.461 e. The molecule has 1 amide bonds.